The number of hydrogen-bond acceptors (Lipinski definition) is 7. The van der Waals surface area contributed by atoms with E-state index < -0.39 is 11.6 Å². The van der Waals surface area contributed by atoms with E-state index in [2.05, 4.69) is 16.1 Å². The van der Waals surface area contributed by atoms with Crippen molar-refractivity contribution < 1.29 is 28.4 Å². The highest BCUT2D eigenvalue weighted by atomic mass is 16.6. The summed E-state index contributed by atoms with van der Waals surface area (Å²) < 4.78 is 20.0. The molecule has 35 heavy (non-hydrogen) atoms. The Labute approximate surface area is 204 Å². The van der Waals surface area contributed by atoms with E-state index in [4.69, 9.17) is 14.2 Å². The maximum atomic E-state index is 13.1. The van der Waals surface area contributed by atoms with E-state index in [9.17, 15) is 9.59 Å². The summed E-state index contributed by atoms with van der Waals surface area (Å²) in [4.78, 5) is 27.6. The highest BCUT2D eigenvalue weighted by Gasteiger charge is 2.50. The molecule has 6 rings (SSSR count). The molecule has 1 aliphatic carbocycles. The smallest absolute Gasteiger partial charge is 0.465 e. The van der Waals surface area contributed by atoms with Gasteiger partial charge in [-0.3, -0.25) is 4.68 Å². The molecule has 1 aromatic heterocycles. The van der Waals surface area contributed by atoms with Crippen molar-refractivity contribution in [3.63, 3.8) is 0 Å². The van der Waals surface area contributed by atoms with E-state index in [0.29, 0.717) is 24.2 Å². The van der Waals surface area contributed by atoms with Crippen molar-refractivity contribution in [2.75, 3.05) is 38.3 Å². The summed E-state index contributed by atoms with van der Waals surface area (Å²) in [6.07, 6.45) is 7.51. The maximum Gasteiger partial charge on any atom is 0.596 e. The summed E-state index contributed by atoms with van der Waals surface area (Å²) in [5.41, 5.74) is 2.44. The van der Waals surface area contributed by atoms with Crippen molar-refractivity contribution in [3.05, 3.63) is 35.5 Å². The van der Waals surface area contributed by atoms with Crippen molar-refractivity contribution in [1.82, 2.24) is 9.78 Å². The lowest BCUT2D eigenvalue weighted by Gasteiger charge is -2.26. The van der Waals surface area contributed by atoms with E-state index in [1.165, 1.54) is 12.7 Å². The van der Waals surface area contributed by atoms with Gasteiger partial charge in [0.25, 0.3) is 0 Å². The number of carbonyl (C=O) groups excluding carboxylic acids is 2. The van der Waals surface area contributed by atoms with Crippen LogP contribution in [0.4, 0.5) is 10.5 Å². The van der Waals surface area contributed by atoms with Crippen LogP contribution in [0.2, 0.25) is 0 Å². The van der Waals surface area contributed by atoms with Gasteiger partial charge >= 0.3 is 12.1 Å². The first kappa shape index (κ1) is 23.5. The van der Waals surface area contributed by atoms with Gasteiger partial charge in [0.2, 0.25) is 0 Å². The Balaban J connectivity index is 1.39. The van der Waals surface area contributed by atoms with Crippen LogP contribution in [0.1, 0.15) is 44.0 Å². The molecule has 9 nitrogen and oxygen atoms in total. The molecule has 4 aliphatic rings. The zero-order valence-corrected chi connectivity index (χ0v) is 21.0. The molecular formula is C26H33N4O5+. The molecule has 4 heterocycles. The SMILES string of the molecule is COC(=O)c1ccc(N2CCC(/C=[N+](\CC34C=C(CO3)C4)C(=O)OC(C)(C)C)C2)c2cn(C)nc12. The third kappa shape index (κ3) is 4.57. The number of methoxy groups -OCH3 is 1. The van der Waals surface area contributed by atoms with Crippen molar-refractivity contribution in [1.29, 1.82) is 0 Å². The minimum Gasteiger partial charge on any atom is -0.465 e. The first-order valence-electron chi connectivity index (χ1n) is 12.0. The molecule has 2 aromatic rings. The summed E-state index contributed by atoms with van der Waals surface area (Å²) in [6.45, 7) is 8.33. The first-order chi connectivity index (χ1) is 16.6. The molecule has 2 unspecified atom stereocenters. The minimum atomic E-state index is -0.576. The van der Waals surface area contributed by atoms with Crippen LogP contribution >= 0.6 is 0 Å². The quantitative estimate of drug-likeness (QED) is 0.280. The topological polar surface area (TPSA) is 85.9 Å². The number of carbonyl (C=O) groups is 2. The molecule has 3 aliphatic heterocycles. The number of aromatic nitrogens is 2. The predicted molar refractivity (Wildman–Crippen MR) is 131 cm³/mol. The van der Waals surface area contributed by atoms with Crippen LogP contribution < -0.4 is 4.90 Å². The summed E-state index contributed by atoms with van der Waals surface area (Å²) in [6, 6.07) is 3.73. The Kier molecular flexibility index (Phi) is 5.70. The molecule has 0 spiro atoms. The third-order valence-electron chi connectivity index (χ3n) is 6.73. The second kappa shape index (κ2) is 8.48. The largest absolute Gasteiger partial charge is 0.596 e. The van der Waals surface area contributed by atoms with Gasteiger partial charge in [0.05, 0.1) is 25.2 Å². The van der Waals surface area contributed by atoms with Crippen molar-refractivity contribution in [2.24, 2.45) is 13.0 Å². The highest BCUT2D eigenvalue weighted by Crippen LogP contribution is 2.42. The molecule has 2 bridgehead atoms. The average Bonchev–Trinajstić information content (AvgIpc) is 3.53. The fraction of sp³-hybridized carbons (Fsp3) is 0.538. The van der Waals surface area contributed by atoms with Crippen molar-refractivity contribution >= 4 is 34.9 Å². The van der Waals surface area contributed by atoms with Crippen molar-refractivity contribution in [3.8, 4) is 0 Å². The minimum absolute atomic E-state index is 0.163. The van der Waals surface area contributed by atoms with Gasteiger partial charge in [-0.2, -0.15) is 9.89 Å². The van der Waals surface area contributed by atoms with Crippen LogP contribution in [0.5, 0.6) is 0 Å². The van der Waals surface area contributed by atoms with Crippen LogP contribution in [-0.4, -0.2) is 77.2 Å². The van der Waals surface area contributed by atoms with Gasteiger partial charge in [0, 0.05) is 43.8 Å². The molecular weight excluding hydrogens is 448 g/mol. The maximum absolute atomic E-state index is 13.1. The lowest BCUT2D eigenvalue weighted by Crippen LogP contribution is -2.44. The number of benzene rings is 1. The number of fused-ring (bicyclic) bond motifs is 2. The predicted octanol–water partition coefficient (Wildman–Crippen LogP) is 3.30. The standard InChI is InChI=1S/C26H33N4O5/c1-25(2,3)35-24(32)30(16-26-10-18(11-26)15-34-26)13-17-8-9-29(12-17)21-7-6-19(23(31)33-5)22-20(21)14-28(4)27-22/h6-7,10,13-14,17H,8-9,11-12,15-16H2,1-5H3/q+1/b30-13+. The van der Waals surface area contributed by atoms with Gasteiger partial charge < -0.3 is 19.1 Å². The average molecular weight is 482 g/mol. The van der Waals surface area contributed by atoms with Gasteiger partial charge in [-0.05, 0) is 51.0 Å². The Morgan fingerprint density at radius 1 is 1.34 bits per heavy atom. The molecule has 0 N–H and O–H groups in total. The van der Waals surface area contributed by atoms with E-state index in [-0.39, 0.29) is 17.6 Å². The zero-order chi connectivity index (χ0) is 25.0. The number of hydrogen-bond donors (Lipinski definition) is 0. The normalized spacial score (nSPS) is 23.9. The number of anilines is 1. The van der Waals surface area contributed by atoms with Crippen molar-refractivity contribution in [2.45, 2.75) is 44.8 Å². The number of ether oxygens (including phenoxy) is 3. The molecule has 2 fully saturated rings. The zero-order valence-electron chi connectivity index (χ0n) is 21.0. The van der Waals surface area contributed by atoms with E-state index >= 15 is 0 Å². The highest BCUT2D eigenvalue weighted by molar-refractivity contribution is 6.06. The van der Waals surface area contributed by atoms with E-state index in [0.717, 1.165) is 37.0 Å². The van der Waals surface area contributed by atoms with E-state index in [1.807, 2.05) is 46.3 Å². The number of nitrogens with zero attached hydrogens (tertiary/aromatic N) is 4. The second-order valence-electron chi connectivity index (χ2n) is 10.8. The van der Waals surface area contributed by atoms with Crippen LogP contribution in [-0.2, 0) is 21.3 Å². The first-order valence-corrected chi connectivity index (χ1v) is 12.0. The third-order valence-corrected chi connectivity index (χ3v) is 6.73. The molecule has 1 aromatic carbocycles. The van der Waals surface area contributed by atoms with Gasteiger partial charge in [-0.25, -0.2) is 4.79 Å². The molecule has 9 heteroatoms. The van der Waals surface area contributed by atoms with Crippen LogP contribution in [0, 0.1) is 5.92 Å². The summed E-state index contributed by atoms with van der Waals surface area (Å²) in [5, 5.41) is 5.41. The summed E-state index contributed by atoms with van der Waals surface area (Å²) in [7, 11) is 3.22. The molecule has 1 amide bonds. The van der Waals surface area contributed by atoms with Gasteiger partial charge in [-0.1, -0.05) is 0 Å². The van der Waals surface area contributed by atoms with Crippen LogP contribution in [0.25, 0.3) is 10.9 Å². The molecule has 2 atom stereocenters. The van der Waals surface area contributed by atoms with E-state index in [1.54, 1.807) is 15.3 Å². The lowest BCUT2D eigenvalue weighted by molar-refractivity contribution is -0.466. The Bertz CT molecular complexity index is 1250. The molecule has 0 saturated carbocycles. The Morgan fingerprint density at radius 3 is 2.77 bits per heavy atom. The summed E-state index contributed by atoms with van der Waals surface area (Å²) >= 11 is 0. The number of esters is 1. The number of aryl methyl sites for hydroxylation is 1. The second-order valence-corrected chi connectivity index (χ2v) is 10.8. The monoisotopic (exact) mass is 481 g/mol. The van der Waals surface area contributed by atoms with Crippen LogP contribution in [0.15, 0.2) is 30.0 Å². The molecule has 186 valence electrons. The van der Waals surface area contributed by atoms with Gasteiger partial charge in [-0.15, -0.1) is 4.58 Å². The molecule has 0 radical (unpaired) electrons. The Morgan fingerprint density at radius 2 is 2.11 bits per heavy atom. The lowest BCUT2D eigenvalue weighted by atomic mass is 9.85. The summed E-state index contributed by atoms with van der Waals surface area (Å²) in [5.74, 6) is -0.238. The number of rotatable bonds is 5. The van der Waals surface area contributed by atoms with Crippen LogP contribution in [0.3, 0.4) is 0 Å². The fourth-order valence-corrected chi connectivity index (χ4v) is 5.22. The fourth-order valence-electron chi connectivity index (χ4n) is 5.22. The van der Waals surface area contributed by atoms with Gasteiger partial charge in [0.1, 0.15) is 16.7 Å². The molecule has 2 saturated heterocycles. The Hall–Kier alpha value is -3.20. The number of amides is 1. The van der Waals surface area contributed by atoms with Gasteiger partial charge in [0.15, 0.2) is 12.8 Å².